The van der Waals surface area contributed by atoms with E-state index in [9.17, 15) is 4.79 Å². The Morgan fingerprint density at radius 2 is 1.86 bits per heavy atom. The molecule has 160 valence electrons. The van der Waals surface area contributed by atoms with E-state index in [0.29, 0.717) is 19.7 Å². The fraction of sp³-hybridized carbons (Fsp3) is 0.800. The molecule has 1 aromatic rings. The van der Waals surface area contributed by atoms with Gasteiger partial charge in [0.2, 0.25) is 0 Å². The van der Waals surface area contributed by atoms with E-state index in [4.69, 9.17) is 14.3 Å². The Balaban J connectivity index is 2.30. The Morgan fingerprint density at radius 1 is 1.25 bits per heavy atom. The fourth-order valence-corrected chi connectivity index (χ4v) is 4.95. The van der Waals surface area contributed by atoms with E-state index >= 15 is 0 Å². The highest BCUT2D eigenvalue weighted by atomic mass is 127. The van der Waals surface area contributed by atoms with Gasteiger partial charge in [-0.2, -0.15) is 5.10 Å². The van der Waals surface area contributed by atoms with Crippen molar-refractivity contribution in [2.75, 3.05) is 13.2 Å². The van der Waals surface area contributed by atoms with Crippen molar-refractivity contribution in [3.05, 3.63) is 15.0 Å². The van der Waals surface area contributed by atoms with Gasteiger partial charge in [-0.05, 0) is 67.9 Å². The van der Waals surface area contributed by atoms with Gasteiger partial charge in [-0.3, -0.25) is 4.68 Å². The highest BCUT2D eigenvalue weighted by Gasteiger charge is 2.40. The fourth-order valence-electron chi connectivity index (χ4n) is 2.98. The van der Waals surface area contributed by atoms with Crippen molar-refractivity contribution in [1.29, 1.82) is 0 Å². The minimum absolute atomic E-state index is 0.000732. The van der Waals surface area contributed by atoms with Gasteiger partial charge in [0, 0.05) is 12.1 Å². The number of amides is 1. The minimum atomic E-state index is -1.89. The molecule has 1 aliphatic heterocycles. The van der Waals surface area contributed by atoms with Crippen LogP contribution >= 0.6 is 22.6 Å². The van der Waals surface area contributed by atoms with Crippen molar-refractivity contribution in [2.45, 2.75) is 91.2 Å². The number of rotatable bonds is 4. The van der Waals surface area contributed by atoms with Gasteiger partial charge in [0.05, 0.1) is 24.9 Å². The summed E-state index contributed by atoms with van der Waals surface area (Å²) >= 11 is 2.30. The van der Waals surface area contributed by atoms with Crippen LogP contribution in [-0.4, -0.2) is 47.8 Å². The molecular formula is C20H36IN3O3Si. The number of halogens is 1. The summed E-state index contributed by atoms with van der Waals surface area (Å²) in [6, 6.07) is -0.000732. The first-order chi connectivity index (χ1) is 12.7. The molecule has 0 spiro atoms. The molecule has 1 atom stereocenters. The Hall–Kier alpha value is -0.613. The number of hydrogen-bond acceptors (Lipinski definition) is 4. The van der Waals surface area contributed by atoms with Crippen LogP contribution in [0.4, 0.5) is 4.79 Å². The van der Waals surface area contributed by atoms with Gasteiger partial charge in [0.15, 0.2) is 8.32 Å². The number of hydrogen-bond donors (Lipinski definition) is 0. The van der Waals surface area contributed by atoms with Crippen molar-refractivity contribution >= 4 is 37.0 Å². The smallest absolute Gasteiger partial charge is 0.410 e. The van der Waals surface area contributed by atoms with Crippen molar-refractivity contribution < 1.29 is 14.0 Å². The average Bonchev–Trinajstić information content (AvgIpc) is 2.84. The summed E-state index contributed by atoms with van der Waals surface area (Å²) in [4.78, 5) is 14.6. The number of aromatic nitrogens is 2. The monoisotopic (exact) mass is 521 g/mol. The summed E-state index contributed by atoms with van der Waals surface area (Å²) < 4.78 is 15.2. The zero-order valence-corrected chi connectivity index (χ0v) is 22.0. The van der Waals surface area contributed by atoms with E-state index in [-0.39, 0.29) is 17.2 Å². The molecule has 0 aliphatic carbocycles. The molecule has 0 N–H and O–H groups in total. The van der Waals surface area contributed by atoms with E-state index in [1.165, 1.54) is 5.56 Å². The van der Waals surface area contributed by atoms with Gasteiger partial charge in [0.25, 0.3) is 0 Å². The predicted molar refractivity (Wildman–Crippen MR) is 123 cm³/mol. The van der Waals surface area contributed by atoms with Gasteiger partial charge in [-0.25, -0.2) is 4.79 Å². The van der Waals surface area contributed by atoms with Crippen LogP contribution in [0.15, 0.2) is 0 Å². The third-order valence-corrected chi connectivity index (χ3v) is 11.0. The maximum Gasteiger partial charge on any atom is 0.410 e. The summed E-state index contributed by atoms with van der Waals surface area (Å²) in [5.74, 6) is 0. The van der Waals surface area contributed by atoms with Gasteiger partial charge < -0.3 is 14.1 Å². The SMILES string of the molecule is CCc1c(I)nn2c1CN(C(=O)OC(C)(C)C)CC2CO[Si](C)(C)C(C)(C)C. The molecule has 0 aromatic carbocycles. The van der Waals surface area contributed by atoms with Gasteiger partial charge in [-0.15, -0.1) is 0 Å². The van der Waals surface area contributed by atoms with E-state index in [2.05, 4.69) is 68.1 Å². The zero-order chi connectivity index (χ0) is 21.5. The number of carbonyl (C=O) groups is 1. The van der Waals surface area contributed by atoms with Gasteiger partial charge >= 0.3 is 6.09 Å². The summed E-state index contributed by atoms with van der Waals surface area (Å²) in [5.41, 5.74) is 1.81. The second kappa shape index (κ2) is 8.26. The highest BCUT2D eigenvalue weighted by molar-refractivity contribution is 14.1. The maximum absolute atomic E-state index is 12.8. The molecule has 0 fully saturated rings. The summed E-state index contributed by atoms with van der Waals surface area (Å²) in [6.45, 7) is 20.7. The highest BCUT2D eigenvalue weighted by Crippen LogP contribution is 2.37. The third-order valence-electron chi connectivity index (χ3n) is 5.64. The summed E-state index contributed by atoms with van der Waals surface area (Å²) in [7, 11) is -1.89. The third kappa shape index (κ3) is 5.30. The summed E-state index contributed by atoms with van der Waals surface area (Å²) in [5, 5.41) is 4.94. The lowest BCUT2D eigenvalue weighted by molar-refractivity contribution is 0.0131. The minimum Gasteiger partial charge on any atom is -0.444 e. The average molecular weight is 522 g/mol. The molecule has 0 bridgehead atoms. The first-order valence-corrected chi connectivity index (χ1v) is 14.0. The molecule has 0 saturated carbocycles. The molecule has 8 heteroatoms. The van der Waals surface area contributed by atoms with E-state index in [1.54, 1.807) is 4.90 Å². The first kappa shape index (κ1) is 23.7. The van der Waals surface area contributed by atoms with Crippen molar-refractivity contribution in [3.8, 4) is 0 Å². The largest absolute Gasteiger partial charge is 0.444 e. The van der Waals surface area contributed by atoms with Gasteiger partial charge in [-0.1, -0.05) is 27.7 Å². The quantitative estimate of drug-likeness (QED) is 0.395. The molecule has 2 rings (SSSR count). The number of carbonyl (C=O) groups excluding carboxylic acids is 1. The topological polar surface area (TPSA) is 56.6 Å². The Kier molecular flexibility index (Phi) is 6.98. The van der Waals surface area contributed by atoms with Crippen LogP contribution in [0.3, 0.4) is 0 Å². The van der Waals surface area contributed by atoms with Gasteiger partial charge in [0.1, 0.15) is 9.30 Å². The second-order valence-corrected chi connectivity index (χ2v) is 15.9. The van der Waals surface area contributed by atoms with E-state index < -0.39 is 13.9 Å². The van der Waals surface area contributed by atoms with Crippen LogP contribution in [0, 0.1) is 3.70 Å². The Morgan fingerprint density at radius 3 is 2.36 bits per heavy atom. The molecule has 0 radical (unpaired) electrons. The summed E-state index contributed by atoms with van der Waals surface area (Å²) in [6.07, 6.45) is 0.625. The number of ether oxygens (including phenoxy) is 1. The molecule has 0 saturated heterocycles. The standard InChI is InChI=1S/C20H36IN3O3Si/c1-10-15-16-12-23(18(25)27-19(2,3)4)11-14(24(16)22-17(15)21)13-26-28(8,9)20(5,6)7/h14H,10-13H2,1-9H3. The van der Waals surface area contributed by atoms with Crippen molar-refractivity contribution in [3.63, 3.8) is 0 Å². The van der Waals surface area contributed by atoms with Crippen LogP contribution in [0.2, 0.25) is 18.1 Å². The lowest BCUT2D eigenvalue weighted by Gasteiger charge is -2.40. The molecular weight excluding hydrogens is 485 g/mol. The normalized spacial score (nSPS) is 18.2. The molecule has 28 heavy (non-hydrogen) atoms. The van der Waals surface area contributed by atoms with E-state index in [1.807, 2.05) is 20.8 Å². The number of fused-ring (bicyclic) bond motifs is 1. The lowest BCUT2D eigenvalue weighted by atomic mass is 10.1. The van der Waals surface area contributed by atoms with Crippen LogP contribution in [0.1, 0.15) is 65.8 Å². The molecule has 1 amide bonds. The maximum atomic E-state index is 12.8. The molecule has 1 unspecified atom stereocenters. The first-order valence-electron chi connectivity index (χ1n) is 10.0. The van der Waals surface area contributed by atoms with Crippen molar-refractivity contribution in [2.24, 2.45) is 0 Å². The lowest BCUT2D eigenvalue weighted by Crippen LogP contribution is -2.47. The van der Waals surface area contributed by atoms with Crippen LogP contribution < -0.4 is 0 Å². The van der Waals surface area contributed by atoms with Crippen LogP contribution in [-0.2, 0) is 22.1 Å². The van der Waals surface area contributed by atoms with Crippen LogP contribution in [0.25, 0.3) is 0 Å². The van der Waals surface area contributed by atoms with E-state index in [0.717, 1.165) is 15.8 Å². The van der Waals surface area contributed by atoms with Crippen molar-refractivity contribution in [1.82, 2.24) is 14.7 Å². The molecule has 6 nitrogen and oxygen atoms in total. The zero-order valence-electron chi connectivity index (χ0n) is 18.9. The Bertz CT molecular complexity index is 720. The molecule has 1 aliphatic rings. The van der Waals surface area contributed by atoms with Crippen LogP contribution in [0.5, 0.6) is 0 Å². The Labute approximate surface area is 184 Å². The molecule has 1 aromatic heterocycles. The molecule has 2 heterocycles. The predicted octanol–water partition coefficient (Wildman–Crippen LogP) is 5.36. The second-order valence-electron chi connectivity index (χ2n) is 10.1. The number of nitrogens with zero attached hydrogens (tertiary/aromatic N) is 3.